The van der Waals surface area contributed by atoms with E-state index in [-0.39, 0.29) is 4.83 Å². The monoisotopic (exact) mass is 404 g/mol. The molecular weight excluding hydrogens is 392 g/mol. The van der Waals surface area contributed by atoms with Crippen LogP contribution in [-0.2, 0) is 0 Å². The molecule has 21 heavy (non-hydrogen) atoms. The summed E-state index contributed by atoms with van der Waals surface area (Å²) in [6, 6.07) is 20.8. The smallest absolute Gasteiger partial charge is 0.126 e. The molecule has 0 saturated carbocycles. The normalized spacial score (nSPS) is 12.3. The topological polar surface area (TPSA) is 9.23 Å². The molecule has 0 aliphatic rings. The van der Waals surface area contributed by atoms with Crippen molar-refractivity contribution in [1.29, 1.82) is 0 Å². The van der Waals surface area contributed by atoms with Crippen LogP contribution in [0.2, 0.25) is 0 Å². The van der Waals surface area contributed by atoms with Gasteiger partial charge in [0.25, 0.3) is 0 Å². The largest absolute Gasteiger partial charge is 0.496 e. The average molecular weight is 406 g/mol. The number of ether oxygens (including phenoxy) is 1. The summed E-state index contributed by atoms with van der Waals surface area (Å²) in [6.07, 6.45) is 0. The van der Waals surface area contributed by atoms with Crippen molar-refractivity contribution in [2.45, 2.75) is 4.83 Å². The lowest BCUT2D eigenvalue weighted by atomic mass is 9.98. The van der Waals surface area contributed by atoms with E-state index in [4.69, 9.17) is 4.74 Å². The Labute approximate surface area is 141 Å². The molecular formula is C18H14Br2O. The minimum Gasteiger partial charge on any atom is -0.496 e. The first-order valence-corrected chi connectivity index (χ1v) is 8.37. The Bertz CT molecular complexity index is 783. The van der Waals surface area contributed by atoms with Gasteiger partial charge in [0.2, 0.25) is 0 Å². The van der Waals surface area contributed by atoms with Crippen molar-refractivity contribution in [2.24, 2.45) is 0 Å². The van der Waals surface area contributed by atoms with E-state index in [9.17, 15) is 0 Å². The second-order valence-corrected chi connectivity index (χ2v) is 6.56. The summed E-state index contributed by atoms with van der Waals surface area (Å²) in [5.74, 6) is 0.904. The summed E-state index contributed by atoms with van der Waals surface area (Å²) in [4.78, 5) is 0.129. The third-order valence-corrected chi connectivity index (χ3v) is 5.30. The lowest BCUT2D eigenvalue weighted by Crippen LogP contribution is -1.96. The van der Waals surface area contributed by atoms with Gasteiger partial charge in [-0.15, -0.1) is 0 Å². The van der Waals surface area contributed by atoms with Crippen molar-refractivity contribution >= 4 is 42.6 Å². The van der Waals surface area contributed by atoms with Gasteiger partial charge in [-0.05, 0) is 28.6 Å². The van der Waals surface area contributed by atoms with Crippen LogP contribution in [0.3, 0.4) is 0 Å². The van der Waals surface area contributed by atoms with Crippen LogP contribution >= 0.6 is 31.9 Å². The van der Waals surface area contributed by atoms with Gasteiger partial charge in [0, 0.05) is 9.86 Å². The minimum atomic E-state index is 0.129. The molecule has 0 radical (unpaired) electrons. The van der Waals surface area contributed by atoms with Gasteiger partial charge in [-0.25, -0.2) is 0 Å². The Kier molecular flexibility index (Phi) is 4.32. The number of halogens is 2. The van der Waals surface area contributed by atoms with Crippen molar-refractivity contribution in [2.75, 3.05) is 7.11 Å². The average Bonchev–Trinajstić information content (AvgIpc) is 2.53. The predicted molar refractivity (Wildman–Crippen MR) is 95.4 cm³/mol. The molecule has 0 heterocycles. The van der Waals surface area contributed by atoms with Crippen molar-refractivity contribution in [1.82, 2.24) is 0 Å². The number of hydrogen-bond donors (Lipinski definition) is 0. The van der Waals surface area contributed by atoms with Gasteiger partial charge >= 0.3 is 0 Å². The van der Waals surface area contributed by atoms with Gasteiger partial charge < -0.3 is 4.74 Å². The van der Waals surface area contributed by atoms with Gasteiger partial charge in [-0.3, -0.25) is 0 Å². The number of rotatable bonds is 3. The molecule has 3 aromatic rings. The Morgan fingerprint density at radius 3 is 2.19 bits per heavy atom. The zero-order chi connectivity index (χ0) is 14.8. The van der Waals surface area contributed by atoms with Crippen LogP contribution in [0.5, 0.6) is 5.75 Å². The van der Waals surface area contributed by atoms with E-state index < -0.39 is 0 Å². The quantitative estimate of drug-likeness (QED) is 0.478. The number of benzene rings is 3. The van der Waals surface area contributed by atoms with E-state index in [1.54, 1.807) is 7.11 Å². The highest BCUT2D eigenvalue weighted by atomic mass is 79.9. The fourth-order valence-corrected chi connectivity index (χ4v) is 4.16. The third kappa shape index (κ3) is 2.72. The molecule has 0 aliphatic heterocycles. The van der Waals surface area contributed by atoms with Crippen LogP contribution in [0.1, 0.15) is 16.0 Å². The van der Waals surface area contributed by atoms with E-state index in [0.29, 0.717) is 0 Å². The van der Waals surface area contributed by atoms with Crippen LogP contribution in [0, 0.1) is 0 Å². The minimum absolute atomic E-state index is 0.129. The molecule has 0 amide bonds. The first kappa shape index (κ1) is 14.6. The standard InChI is InChI=1S/C18H14Br2O/c1-21-17-11-10-14(12-6-2-3-7-13(12)17)18(20)15-8-4-5-9-16(15)19/h2-11,18H,1H3. The maximum Gasteiger partial charge on any atom is 0.126 e. The molecule has 0 fully saturated rings. The van der Waals surface area contributed by atoms with E-state index in [0.717, 1.165) is 15.6 Å². The summed E-state index contributed by atoms with van der Waals surface area (Å²) in [5, 5.41) is 2.34. The second-order valence-electron chi connectivity index (χ2n) is 4.79. The molecule has 0 aromatic heterocycles. The molecule has 0 saturated heterocycles. The summed E-state index contributed by atoms with van der Waals surface area (Å²) < 4.78 is 6.57. The van der Waals surface area contributed by atoms with Crippen molar-refractivity contribution in [3.63, 3.8) is 0 Å². The van der Waals surface area contributed by atoms with Crippen molar-refractivity contribution < 1.29 is 4.74 Å². The SMILES string of the molecule is COc1ccc(C(Br)c2ccccc2Br)c2ccccc12. The predicted octanol–water partition coefficient (Wildman–Crippen LogP) is 6.10. The van der Waals surface area contributed by atoms with Crippen LogP contribution in [-0.4, -0.2) is 7.11 Å². The number of alkyl halides is 1. The fourth-order valence-electron chi connectivity index (χ4n) is 2.54. The first-order valence-electron chi connectivity index (χ1n) is 6.66. The third-order valence-electron chi connectivity index (χ3n) is 3.59. The Morgan fingerprint density at radius 1 is 0.810 bits per heavy atom. The maximum absolute atomic E-state index is 5.47. The molecule has 0 bridgehead atoms. The zero-order valence-electron chi connectivity index (χ0n) is 11.5. The zero-order valence-corrected chi connectivity index (χ0v) is 14.7. The van der Waals surface area contributed by atoms with Crippen LogP contribution in [0.15, 0.2) is 65.1 Å². The highest BCUT2D eigenvalue weighted by Crippen LogP contribution is 2.40. The van der Waals surface area contributed by atoms with Crippen molar-refractivity contribution in [3.8, 4) is 5.75 Å². The Balaban J connectivity index is 2.19. The molecule has 1 unspecified atom stereocenters. The number of methoxy groups -OCH3 is 1. The van der Waals surface area contributed by atoms with E-state index >= 15 is 0 Å². The number of fused-ring (bicyclic) bond motifs is 1. The van der Waals surface area contributed by atoms with Crippen molar-refractivity contribution in [3.05, 3.63) is 76.3 Å². The molecule has 106 valence electrons. The lowest BCUT2D eigenvalue weighted by molar-refractivity contribution is 0.419. The molecule has 1 atom stereocenters. The van der Waals surface area contributed by atoms with E-state index in [2.05, 4.69) is 74.3 Å². The van der Waals surface area contributed by atoms with Gasteiger partial charge in [-0.2, -0.15) is 0 Å². The molecule has 3 heteroatoms. The Hall–Kier alpha value is -1.32. The summed E-state index contributed by atoms with van der Waals surface area (Å²) in [6.45, 7) is 0. The molecule has 3 rings (SSSR count). The maximum atomic E-state index is 5.47. The lowest BCUT2D eigenvalue weighted by Gasteiger charge is -2.16. The van der Waals surface area contributed by atoms with Crippen LogP contribution < -0.4 is 4.74 Å². The van der Waals surface area contributed by atoms with Crippen LogP contribution in [0.4, 0.5) is 0 Å². The Morgan fingerprint density at radius 2 is 1.48 bits per heavy atom. The van der Waals surface area contributed by atoms with Gasteiger partial charge in [-0.1, -0.05) is 80.4 Å². The summed E-state index contributed by atoms with van der Waals surface area (Å²) >= 11 is 7.47. The van der Waals surface area contributed by atoms with Gasteiger partial charge in [0.1, 0.15) is 5.75 Å². The van der Waals surface area contributed by atoms with E-state index in [1.807, 2.05) is 18.2 Å². The summed E-state index contributed by atoms with van der Waals surface area (Å²) in [5.41, 5.74) is 2.45. The molecule has 0 N–H and O–H groups in total. The van der Waals surface area contributed by atoms with E-state index in [1.165, 1.54) is 16.5 Å². The highest BCUT2D eigenvalue weighted by Gasteiger charge is 2.17. The molecule has 3 aromatic carbocycles. The summed E-state index contributed by atoms with van der Waals surface area (Å²) in [7, 11) is 1.71. The fraction of sp³-hybridized carbons (Fsp3) is 0.111. The highest BCUT2D eigenvalue weighted by molar-refractivity contribution is 9.11. The molecule has 1 nitrogen and oxygen atoms in total. The van der Waals surface area contributed by atoms with Gasteiger partial charge in [0.15, 0.2) is 0 Å². The first-order chi connectivity index (χ1) is 10.2. The molecule has 0 aliphatic carbocycles. The van der Waals surface area contributed by atoms with Crippen LogP contribution in [0.25, 0.3) is 10.8 Å². The van der Waals surface area contributed by atoms with Gasteiger partial charge in [0.05, 0.1) is 11.9 Å². The number of hydrogen-bond acceptors (Lipinski definition) is 1. The molecule has 0 spiro atoms. The second kappa shape index (κ2) is 6.20.